The van der Waals surface area contributed by atoms with Crippen molar-refractivity contribution in [1.82, 2.24) is 4.98 Å². The molecule has 1 N–H and O–H groups in total. The molecule has 0 aliphatic heterocycles. The highest BCUT2D eigenvalue weighted by Gasteiger charge is 2.17. The van der Waals surface area contributed by atoms with E-state index in [0.29, 0.717) is 14.9 Å². The highest BCUT2D eigenvalue weighted by molar-refractivity contribution is 8.01. The van der Waals surface area contributed by atoms with Gasteiger partial charge in [0.05, 0.1) is 32.0 Å². The van der Waals surface area contributed by atoms with Gasteiger partial charge in [0.2, 0.25) is 0 Å². The van der Waals surface area contributed by atoms with Gasteiger partial charge in [0.25, 0.3) is 5.69 Å². The number of carboxylic acid groups (broad SMARTS) is 1. The number of halogens is 2. The molecule has 0 unspecified atom stereocenters. The van der Waals surface area contributed by atoms with E-state index in [2.05, 4.69) is 4.98 Å². The minimum atomic E-state index is -0.969. The largest absolute Gasteiger partial charge is 0.481 e. The van der Waals surface area contributed by atoms with E-state index in [1.807, 2.05) is 0 Å². The fourth-order valence-electron chi connectivity index (χ4n) is 1.41. The summed E-state index contributed by atoms with van der Waals surface area (Å²) < 4.78 is 0.559. The molecular weight excluding hydrogens is 359 g/mol. The molecular formula is C11H6Cl2N2O4S2. The van der Waals surface area contributed by atoms with Crippen LogP contribution in [0, 0.1) is 10.1 Å². The molecule has 1 heterocycles. The van der Waals surface area contributed by atoms with Crippen molar-refractivity contribution >= 4 is 58.0 Å². The van der Waals surface area contributed by atoms with Gasteiger partial charge in [-0.05, 0) is 0 Å². The maximum atomic E-state index is 10.7. The van der Waals surface area contributed by atoms with E-state index in [1.54, 1.807) is 5.38 Å². The number of rotatable bonds is 5. The van der Waals surface area contributed by atoms with Crippen LogP contribution >= 0.6 is 46.3 Å². The molecule has 0 atom stereocenters. The minimum Gasteiger partial charge on any atom is -0.481 e. The van der Waals surface area contributed by atoms with Crippen molar-refractivity contribution in [3.05, 3.63) is 43.4 Å². The average molecular weight is 365 g/mol. The first-order valence-electron chi connectivity index (χ1n) is 5.34. The van der Waals surface area contributed by atoms with Crippen LogP contribution in [0.1, 0.15) is 5.69 Å². The molecule has 0 saturated carbocycles. The molecule has 0 bridgehead atoms. The summed E-state index contributed by atoms with van der Waals surface area (Å²) in [5, 5.41) is 21.3. The number of nitro benzene ring substituents is 1. The summed E-state index contributed by atoms with van der Waals surface area (Å²) in [6.45, 7) is 0. The molecule has 0 aliphatic rings. The summed E-state index contributed by atoms with van der Waals surface area (Å²) in [6, 6.07) is 2.42. The Morgan fingerprint density at radius 2 is 2.05 bits per heavy atom. The Bertz CT molecular complexity index is 697. The molecule has 21 heavy (non-hydrogen) atoms. The highest BCUT2D eigenvalue weighted by atomic mass is 35.5. The Kier molecular flexibility index (Phi) is 5.04. The lowest BCUT2D eigenvalue weighted by Gasteiger charge is -2.04. The summed E-state index contributed by atoms with van der Waals surface area (Å²) in [5.74, 6) is -0.969. The fraction of sp³-hybridized carbons (Fsp3) is 0.0909. The average Bonchev–Trinajstić information content (AvgIpc) is 2.80. The highest BCUT2D eigenvalue weighted by Crippen LogP contribution is 2.41. The lowest BCUT2D eigenvalue weighted by Crippen LogP contribution is -1.99. The van der Waals surface area contributed by atoms with Crippen molar-refractivity contribution in [1.29, 1.82) is 0 Å². The lowest BCUT2D eigenvalue weighted by atomic mass is 10.3. The zero-order valence-corrected chi connectivity index (χ0v) is 13.2. The zero-order valence-electron chi connectivity index (χ0n) is 10.1. The smallest absolute Gasteiger partial charge is 0.309 e. The quantitative estimate of drug-likeness (QED) is 0.632. The van der Waals surface area contributed by atoms with Gasteiger partial charge in [-0.15, -0.1) is 11.3 Å². The summed E-state index contributed by atoms with van der Waals surface area (Å²) in [4.78, 5) is 25.3. The number of aromatic nitrogens is 1. The number of nitro groups is 1. The van der Waals surface area contributed by atoms with Gasteiger partial charge in [0.1, 0.15) is 0 Å². The molecule has 0 saturated heterocycles. The predicted octanol–water partition coefficient (Wildman–Crippen LogP) is 4.14. The van der Waals surface area contributed by atoms with Crippen molar-refractivity contribution < 1.29 is 14.8 Å². The second kappa shape index (κ2) is 6.61. The van der Waals surface area contributed by atoms with Crippen LogP contribution in [-0.2, 0) is 11.2 Å². The van der Waals surface area contributed by atoms with E-state index >= 15 is 0 Å². The SMILES string of the molecule is O=C(O)Cc1csc(Sc2c(Cl)cc([N+](=O)[O-])cc2Cl)n1. The third-order valence-electron chi connectivity index (χ3n) is 2.25. The van der Waals surface area contributed by atoms with Crippen molar-refractivity contribution in [2.75, 3.05) is 0 Å². The minimum absolute atomic E-state index is 0.147. The first-order valence-corrected chi connectivity index (χ1v) is 7.79. The van der Waals surface area contributed by atoms with E-state index in [0.717, 1.165) is 11.8 Å². The normalized spacial score (nSPS) is 10.6. The van der Waals surface area contributed by atoms with Crippen molar-refractivity contribution in [3.63, 3.8) is 0 Å². The number of hydrogen-bond acceptors (Lipinski definition) is 6. The van der Waals surface area contributed by atoms with E-state index in [1.165, 1.54) is 23.5 Å². The van der Waals surface area contributed by atoms with Gasteiger partial charge < -0.3 is 5.11 Å². The van der Waals surface area contributed by atoms with Crippen LogP contribution in [-0.4, -0.2) is 21.0 Å². The van der Waals surface area contributed by atoms with Gasteiger partial charge in [-0.2, -0.15) is 0 Å². The topological polar surface area (TPSA) is 93.3 Å². The molecule has 0 fully saturated rings. The van der Waals surface area contributed by atoms with Crippen molar-refractivity contribution in [2.45, 2.75) is 15.7 Å². The van der Waals surface area contributed by atoms with E-state index in [9.17, 15) is 14.9 Å². The third kappa shape index (κ3) is 4.07. The van der Waals surface area contributed by atoms with Gasteiger partial charge in [0, 0.05) is 17.5 Å². The fourth-order valence-corrected chi connectivity index (χ4v) is 3.90. The van der Waals surface area contributed by atoms with Crippen molar-refractivity contribution in [3.8, 4) is 0 Å². The first kappa shape index (κ1) is 16.0. The number of benzene rings is 1. The van der Waals surface area contributed by atoms with Crippen LogP contribution in [0.2, 0.25) is 10.0 Å². The van der Waals surface area contributed by atoms with Gasteiger partial charge >= 0.3 is 5.97 Å². The van der Waals surface area contributed by atoms with Gasteiger partial charge in [-0.25, -0.2) is 4.98 Å². The predicted molar refractivity (Wildman–Crippen MR) is 80.7 cm³/mol. The molecule has 110 valence electrons. The Morgan fingerprint density at radius 1 is 1.43 bits per heavy atom. The molecule has 2 aromatic rings. The number of non-ortho nitro benzene ring substituents is 1. The number of carbonyl (C=O) groups is 1. The van der Waals surface area contributed by atoms with Crippen molar-refractivity contribution in [2.24, 2.45) is 0 Å². The maximum absolute atomic E-state index is 10.7. The van der Waals surface area contributed by atoms with E-state index in [-0.39, 0.29) is 22.2 Å². The molecule has 0 amide bonds. The second-order valence-corrected chi connectivity index (χ2v) is 6.70. The van der Waals surface area contributed by atoms with Crippen LogP contribution in [0.3, 0.4) is 0 Å². The first-order chi connectivity index (χ1) is 9.86. The molecule has 2 rings (SSSR count). The van der Waals surface area contributed by atoms with Gasteiger partial charge in [0.15, 0.2) is 4.34 Å². The molecule has 0 spiro atoms. The molecule has 6 nitrogen and oxygen atoms in total. The Labute approximate surface area is 136 Å². The van der Waals surface area contributed by atoms with Crippen LogP contribution in [0.5, 0.6) is 0 Å². The molecule has 0 aliphatic carbocycles. The monoisotopic (exact) mass is 364 g/mol. The summed E-state index contributed by atoms with van der Waals surface area (Å²) in [6.07, 6.45) is -0.168. The number of carboxylic acids is 1. The van der Waals surface area contributed by atoms with Crippen LogP contribution < -0.4 is 0 Å². The third-order valence-corrected chi connectivity index (χ3v) is 5.20. The van der Waals surface area contributed by atoms with Crippen LogP contribution in [0.15, 0.2) is 26.7 Å². The summed E-state index contributed by atoms with van der Waals surface area (Å²) >= 11 is 14.4. The van der Waals surface area contributed by atoms with Gasteiger partial charge in [-0.3, -0.25) is 14.9 Å². The van der Waals surface area contributed by atoms with E-state index in [4.69, 9.17) is 28.3 Å². The standard InChI is InChI=1S/C11H6Cl2N2O4S2/c12-7-2-6(15(18)19)3-8(13)10(7)21-11-14-5(4-20-11)1-9(16)17/h2-4H,1H2,(H,16,17). The Balaban J connectivity index is 2.25. The molecule has 1 aromatic heterocycles. The second-order valence-electron chi connectivity index (χ2n) is 3.77. The number of aliphatic carboxylic acids is 1. The number of hydrogen-bond donors (Lipinski definition) is 1. The molecule has 0 radical (unpaired) electrons. The summed E-state index contributed by atoms with van der Waals surface area (Å²) in [5.41, 5.74) is 0.240. The number of thiazole rings is 1. The van der Waals surface area contributed by atoms with Gasteiger partial charge in [-0.1, -0.05) is 35.0 Å². The summed E-state index contributed by atoms with van der Waals surface area (Å²) in [7, 11) is 0. The van der Waals surface area contributed by atoms with Crippen LogP contribution in [0.4, 0.5) is 5.69 Å². The zero-order chi connectivity index (χ0) is 15.6. The Morgan fingerprint density at radius 3 is 2.57 bits per heavy atom. The maximum Gasteiger partial charge on any atom is 0.309 e. The molecule has 10 heteroatoms. The lowest BCUT2D eigenvalue weighted by molar-refractivity contribution is -0.384. The number of nitrogens with zero attached hydrogens (tertiary/aromatic N) is 2. The van der Waals surface area contributed by atoms with Crippen LogP contribution in [0.25, 0.3) is 0 Å². The molecule has 1 aromatic carbocycles. The Hall–Kier alpha value is -1.35. The van der Waals surface area contributed by atoms with E-state index < -0.39 is 10.9 Å².